The van der Waals surface area contributed by atoms with Crippen LogP contribution in [0.1, 0.15) is 42.0 Å². The van der Waals surface area contributed by atoms with Gasteiger partial charge in [0.25, 0.3) is 0 Å². The van der Waals surface area contributed by atoms with E-state index < -0.39 is 0 Å². The molecule has 0 N–H and O–H groups in total. The largest absolute Gasteiger partial charge is 0.361 e. The van der Waals surface area contributed by atoms with Gasteiger partial charge in [-0.3, -0.25) is 9.69 Å². The summed E-state index contributed by atoms with van der Waals surface area (Å²) in [7, 11) is 0. The van der Waals surface area contributed by atoms with Gasteiger partial charge in [-0.25, -0.2) is 0 Å². The molecule has 2 heterocycles. The molecule has 1 atom stereocenters. The highest BCUT2D eigenvalue weighted by atomic mass is 35.5. The molecule has 0 aliphatic carbocycles. The Morgan fingerprint density at radius 3 is 2.54 bits per heavy atom. The Morgan fingerprint density at radius 1 is 1.23 bits per heavy atom. The van der Waals surface area contributed by atoms with Gasteiger partial charge in [0.15, 0.2) is 0 Å². The van der Waals surface area contributed by atoms with Gasteiger partial charge in [0.2, 0.25) is 5.91 Å². The lowest BCUT2D eigenvalue weighted by atomic mass is 10.1. The van der Waals surface area contributed by atoms with Gasteiger partial charge in [0, 0.05) is 49.2 Å². The molecule has 1 aliphatic rings. The van der Waals surface area contributed by atoms with E-state index in [1.165, 1.54) is 0 Å². The van der Waals surface area contributed by atoms with Gasteiger partial charge >= 0.3 is 0 Å². The zero-order valence-corrected chi connectivity index (χ0v) is 16.4. The van der Waals surface area contributed by atoms with E-state index in [4.69, 9.17) is 16.1 Å². The number of halogens is 1. The molecule has 0 spiro atoms. The average Bonchev–Trinajstić information content (AvgIpc) is 2.97. The summed E-state index contributed by atoms with van der Waals surface area (Å²) >= 11 is 6.33. The van der Waals surface area contributed by atoms with Crippen LogP contribution in [-0.2, 0) is 11.2 Å². The zero-order chi connectivity index (χ0) is 18.7. The Kier molecular flexibility index (Phi) is 5.99. The number of nitrogens with zero attached hydrogens (tertiary/aromatic N) is 3. The number of aryl methyl sites for hydroxylation is 2. The highest BCUT2D eigenvalue weighted by molar-refractivity contribution is 6.31. The van der Waals surface area contributed by atoms with Crippen molar-refractivity contribution in [1.29, 1.82) is 0 Å². The number of hydrogen-bond acceptors (Lipinski definition) is 4. The molecule has 0 bridgehead atoms. The Morgan fingerprint density at radius 2 is 1.92 bits per heavy atom. The molecule has 0 radical (unpaired) electrons. The van der Waals surface area contributed by atoms with Crippen LogP contribution in [0.2, 0.25) is 5.02 Å². The minimum atomic E-state index is 0.204. The molecule has 1 saturated heterocycles. The predicted molar refractivity (Wildman–Crippen MR) is 102 cm³/mol. The minimum absolute atomic E-state index is 0.204. The quantitative estimate of drug-likeness (QED) is 0.797. The molecule has 2 aromatic rings. The molecule has 6 heteroatoms. The maximum absolute atomic E-state index is 12.6. The summed E-state index contributed by atoms with van der Waals surface area (Å²) < 4.78 is 5.17. The van der Waals surface area contributed by atoms with E-state index in [2.05, 4.69) is 23.0 Å². The predicted octanol–water partition coefficient (Wildman–Crippen LogP) is 3.78. The first-order valence-corrected chi connectivity index (χ1v) is 9.53. The molecule has 5 nitrogen and oxygen atoms in total. The van der Waals surface area contributed by atoms with Crippen LogP contribution in [0.4, 0.5) is 0 Å². The van der Waals surface area contributed by atoms with Crippen LogP contribution in [0.5, 0.6) is 0 Å². The molecule has 1 unspecified atom stereocenters. The number of rotatable bonds is 5. The number of amides is 1. The summed E-state index contributed by atoms with van der Waals surface area (Å²) in [5.41, 5.74) is 3.09. The van der Waals surface area contributed by atoms with E-state index in [-0.39, 0.29) is 11.9 Å². The highest BCUT2D eigenvalue weighted by Gasteiger charge is 2.25. The van der Waals surface area contributed by atoms with Crippen LogP contribution in [0.25, 0.3) is 0 Å². The van der Waals surface area contributed by atoms with E-state index in [1.807, 2.05) is 36.9 Å². The van der Waals surface area contributed by atoms with Crippen molar-refractivity contribution >= 4 is 17.5 Å². The third kappa shape index (κ3) is 4.10. The van der Waals surface area contributed by atoms with Crippen LogP contribution < -0.4 is 0 Å². The first-order chi connectivity index (χ1) is 12.5. The Bertz CT molecular complexity index is 747. The Balaban J connectivity index is 1.52. The molecule has 3 rings (SSSR count). The number of piperazine rings is 1. The fraction of sp³-hybridized carbons (Fsp3) is 0.500. The zero-order valence-electron chi connectivity index (χ0n) is 15.7. The Labute approximate surface area is 159 Å². The van der Waals surface area contributed by atoms with E-state index in [1.54, 1.807) is 0 Å². The fourth-order valence-electron chi connectivity index (χ4n) is 3.62. The van der Waals surface area contributed by atoms with Crippen LogP contribution in [-0.4, -0.2) is 47.0 Å². The van der Waals surface area contributed by atoms with Gasteiger partial charge in [-0.1, -0.05) is 35.0 Å². The van der Waals surface area contributed by atoms with Crippen molar-refractivity contribution in [3.63, 3.8) is 0 Å². The third-order valence-electron chi connectivity index (χ3n) is 5.34. The number of carbonyl (C=O) groups is 1. The molecular weight excluding hydrogens is 350 g/mol. The van der Waals surface area contributed by atoms with E-state index in [0.717, 1.165) is 53.8 Å². The van der Waals surface area contributed by atoms with Crippen LogP contribution >= 0.6 is 11.6 Å². The number of hydrogen-bond donors (Lipinski definition) is 0. The van der Waals surface area contributed by atoms with Gasteiger partial charge in [0.05, 0.1) is 5.69 Å². The highest BCUT2D eigenvalue weighted by Crippen LogP contribution is 2.28. The van der Waals surface area contributed by atoms with Gasteiger partial charge in [0.1, 0.15) is 5.76 Å². The minimum Gasteiger partial charge on any atom is -0.361 e. The SMILES string of the molecule is Cc1noc(C)c1CCC(=O)N1CCN(C(C)c2ccccc2Cl)CC1. The van der Waals surface area contributed by atoms with Crippen LogP contribution in [0.3, 0.4) is 0 Å². The summed E-state index contributed by atoms with van der Waals surface area (Å²) in [5.74, 6) is 1.02. The molecule has 1 aliphatic heterocycles. The average molecular weight is 376 g/mol. The summed E-state index contributed by atoms with van der Waals surface area (Å²) in [5, 5.41) is 4.76. The first kappa shape index (κ1) is 18.9. The lowest BCUT2D eigenvalue weighted by Gasteiger charge is -2.38. The summed E-state index contributed by atoms with van der Waals surface area (Å²) in [6, 6.07) is 8.24. The molecular formula is C20H26ClN3O2. The maximum atomic E-state index is 12.6. The van der Waals surface area contributed by atoms with E-state index in [9.17, 15) is 4.79 Å². The monoisotopic (exact) mass is 375 g/mol. The van der Waals surface area contributed by atoms with Gasteiger partial charge in [-0.15, -0.1) is 0 Å². The third-order valence-corrected chi connectivity index (χ3v) is 5.68. The van der Waals surface area contributed by atoms with Crippen molar-refractivity contribution < 1.29 is 9.32 Å². The van der Waals surface area contributed by atoms with Crippen molar-refractivity contribution in [2.75, 3.05) is 26.2 Å². The molecule has 1 aromatic carbocycles. The smallest absolute Gasteiger partial charge is 0.222 e. The lowest BCUT2D eigenvalue weighted by Crippen LogP contribution is -2.49. The Hall–Kier alpha value is -1.85. The molecule has 26 heavy (non-hydrogen) atoms. The van der Waals surface area contributed by atoms with Crippen molar-refractivity contribution in [2.45, 2.75) is 39.7 Å². The van der Waals surface area contributed by atoms with Crippen molar-refractivity contribution in [3.05, 3.63) is 51.9 Å². The van der Waals surface area contributed by atoms with E-state index in [0.29, 0.717) is 12.8 Å². The molecule has 1 aromatic heterocycles. The molecule has 0 saturated carbocycles. The first-order valence-electron chi connectivity index (χ1n) is 9.15. The van der Waals surface area contributed by atoms with Crippen molar-refractivity contribution in [1.82, 2.24) is 15.0 Å². The van der Waals surface area contributed by atoms with Crippen molar-refractivity contribution in [3.8, 4) is 0 Å². The lowest BCUT2D eigenvalue weighted by molar-refractivity contribution is -0.133. The second kappa shape index (κ2) is 8.23. The summed E-state index contributed by atoms with van der Waals surface area (Å²) in [6.45, 7) is 9.24. The number of benzene rings is 1. The fourth-order valence-corrected chi connectivity index (χ4v) is 3.91. The van der Waals surface area contributed by atoms with Gasteiger partial charge in [-0.2, -0.15) is 0 Å². The molecule has 1 fully saturated rings. The second-order valence-corrected chi connectivity index (χ2v) is 7.32. The molecule has 1 amide bonds. The number of aromatic nitrogens is 1. The van der Waals surface area contributed by atoms with E-state index >= 15 is 0 Å². The van der Waals surface area contributed by atoms with Crippen LogP contribution in [0, 0.1) is 13.8 Å². The summed E-state index contributed by atoms with van der Waals surface area (Å²) in [6.07, 6.45) is 1.19. The van der Waals surface area contributed by atoms with Gasteiger partial charge < -0.3 is 9.42 Å². The maximum Gasteiger partial charge on any atom is 0.222 e. The topological polar surface area (TPSA) is 49.6 Å². The standard InChI is InChI=1S/C20H26ClN3O2/c1-14-17(16(3)26-22-14)8-9-20(25)24-12-10-23(11-13-24)15(2)18-6-4-5-7-19(18)21/h4-7,15H,8-13H2,1-3H3. The van der Waals surface area contributed by atoms with Crippen LogP contribution in [0.15, 0.2) is 28.8 Å². The second-order valence-electron chi connectivity index (χ2n) is 6.92. The normalized spacial score (nSPS) is 16.7. The van der Waals surface area contributed by atoms with Crippen molar-refractivity contribution in [2.24, 2.45) is 0 Å². The summed E-state index contributed by atoms with van der Waals surface area (Å²) in [4.78, 5) is 16.9. The molecule has 140 valence electrons. The van der Waals surface area contributed by atoms with Gasteiger partial charge in [-0.05, 0) is 38.8 Å². The number of carbonyl (C=O) groups excluding carboxylic acids is 1.